The van der Waals surface area contributed by atoms with Crippen molar-refractivity contribution in [3.63, 3.8) is 0 Å². The van der Waals surface area contributed by atoms with Crippen LogP contribution in [0.4, 0.5) is 0 Å². The van der Waals surface area contributed by atoms with Crippen LogP contribution >= 0.6 is 0 Å². The minimum absolute atomic E-state index is 0.289. The largest absolute Gasteiger partial charge is 0.384 e. The molecule has 1 aromatic carbocycles. The van der Waals surface area contributed by atoms with Crippen LogP contribution in [0.1, 0.15) is 38.4 Å². The number of hydrogen-bond acceptors (Lipinski definition) is 5. The molecule has 1 saturated heterocycles. The maximum absolute atomic E-state index is 12.5. The summed E-state index contributed by atoms with van der Waals surface area (Å²) in [5.41, 5.74) is 1.75. The lowest BCUT2D eigenvalue weighted by molar-refractivity contribution is 0.123. The number of sulfonamides is 1. The van der Waals surface area contributed by atoms with Crippen molar-refractivity contribution in [3.8, 4) is 0 Å². The van der Waals surface area contributed by atoms with E-state index >= 15 is 0 Å². The topological polar surface area (TPSA) is 67.7 Å². The second-order valence-corrected chi connectivity index (χ2v) is 10.3. The number of rotatable bonds is 8. The predicted octanol–water partition coefficient (Wildman–Crippen LogP) is 2.95. The van der Waals surface area contributed by atoms with Crippen LogP contribution in [-0.4, -0.2) is 68.1 Å². The third-order valence-electron chi connectivity index (χ3n) is 5.65. The van der Waals surface area contributed by atoms with Crippen LogP contribution in [0.3, 0.4) is 0 Å². The number of likely N-dealkylation sites (tertiary alicyclic amines) is 1. The van der Waals surface area contributed by atoms with E-state index in [1.54, 1.807) is 33.3 Å². The molecule has 0 amide bonds. The van der Waals surface area contributed by atoms with Crippen LogP contribution < -0.4 is 0 Å². The van der Waals surface area contributed by atoms with E-state index in [-0.39, 0.29) is 4.90 Å². The third-order valence-corrected chi connectivity index (χ3v) is 7.46. The maximum Gasteiger partial charge on any atom is 0.242 e. The lowest BCUT2D eigenvalue weighted by Gasteiger charge is -2.24. The van der Waals surface area contributed by atoms with Gasteiger partial charge in [-0.05, 0) is 49.9 Å². The number of fused-ring (bicyclic) bond motifs is 1. The summed E-state index contributed by atoms with van der Waals surface area (Å²) in [6.07, 6.45) is 4.64. The Bertz CT molecular complexity index is 923. The highest BCUT2D eigenvalue weighted by Gasteiger charge is 2.22. The first-order valence-corrected chi connectivity index (χ1v) is 11.9. The molecule has 0 saturated carbocycles. The van der Waals surface area contributed by atoms with Crippen molar-refractivity contribution in [2.45, 2.75) is 50.6 Å². The molecule has 162 valence electrons. The molecule has 0 N–H and O–H groups in total. The Hall–Kier alpha value is -1.48. The summed E-state index contributed by atoms with van der Waals surface area (Å²) in [6, 6.07) is 5.29. The number of nitrogens with zero attached hydrogens (tertiary/aromatic N) is 4. The summed E-state index contributed by atoms with van der Waals surface area (Å²) in [4.78, 5) is 7.63. The standard InChI is InChI=1S/C21H34N4O3S/c1-5-11-25-20-10-9-18(29(26,27)23(2)3)13-19(20)22-21(25)15-24-12-7-6-8-17(14-24)16-28-4/h9-10,13,17H,5-8,11-12,14-16H2,1-4H3/t17-/m1/s1. The molecule has 1 atom stereocenters. The van der Waals surface area contributed by atoms with Crippen LogP contribution in [0.15, 0.2) is 23.1 Å². The van der Waals surface area contributed by atoms with Gasteiger partial charge < -0.3 is 9.30 Å². The predicted molar refractivity (Wildman–Crippen MR) is 115 cm³/mol. The number of aromatic nitrogens is 2. The van der Waals surface area contributed by atoms with Gasteiger partial charge in [-0.1, -0.05) is 13.3 Å². The highest BCUT2D eigenvalue weighted by molar-refractivity contribution is 7.89. The van der Waals surface area contributed by atoms with Crippen molar-refractivity contribution in [1.82, 2.24) is 18.8 Å². The molecule has 2 aromatic rings. The highest BCUT2D eigenvalue weighted by Crippen LogP contribution is 2.24. The number of methoxy groups -OCH3 is 1. The molecule has 7 nitrogen and oxygen atoms in total. The lowest BCUT2D eigenvalue weighted by atomic mass is 10.0. The summed E-state index contributed by atoms with van der Waals surface area (Å²) in [7, 11) is 1.41. The molecule has 0 bridgehead atoms. The zero-order valence-corrected chi connectivity index (χ0v) is 18.9. The summed E-state index contributed by atoms with van der Waals surface area (Å²) in [5, 5.41) is 0. The molecular formula is C21H34N4O3S. The fourth-order valence-corrected chi connectivity index (χ4v) is 5.08. The van der Waals surface area contributed by atoms with Crippen molar-refractivity contribution >= 4 is 21.1 Å². The normalized spacial score (nSPS) is 19.1. The van der Waals surface area contributed by atoms with Crippen LogP contribution in [0, 0.1) is 5.92 Å². The van der Waals surface area contributed by atoms with Gasteiger partial charge in [0.05, 0.1) is 29.1 Å². The molecule has 29 heavy (non-hydrogen) atoms. The van der Waals surface area contributed by atoms with Gasteiger partial charge in [0.25, 0.3) is 0 Å². The first kappa shape index (κ1) is 22.2. The molecule has 2 heterocycles. The molecule has 0 unspecified atom stereocenters. The first-order chi connectivity index (χ1) is 13.9. The monoisotopic (exact) mass is 422 g/mol. The SMILES string of the molecule is CCCn1c(CN2CCCC[C@@H](COC)C2)nc2cc(S(=O)(=O)N(C)C)ccc21. The van der Waals surface area contributed by atoms with Gasteiger partial charge in [0.2, 0.25) is 10.0 Å². The lowest BCUT2D eigenvalue weighted by Crippen LogP contribution is -2.31. The second-order valence-electron chi connectivity index (χ2n) is 8.17. The number of ether oxygens (including phenoxy) is 1. The van der Waals surface area contributed by atoms with E-state index in [0.29, 0.717) is 5.92 Å². The van der Waals surface area contributed by atoms with Gasteiger partial charge in [-0.15, -0.1) is 0 Å². The van der Waals surface area contributed by atoms with Crippen molar-refractivity contribution in [1.29, 1.82) is 0 Å². The number of hydrogen-bond donors (Lipinski definition) is 0. The molecular weight excluding hydrogens is 388 g/mol. The second kappa shape index (κ2) is 9.55. The Morgan fingerprint density at radius 3 is 2.76 bits per heavy atom. The van der Waals surface area contributed by atoms with Crippen molar-refractivity contribution in [2.75, 3.05) is 40.9 Å². The summed E-state index contributed by atoms with van der Waals surface area (Å²) < 4.78 is 33.9. The Labute approximate surface area is 174 Å². The fraction of sp³-hybridized carbons (Fsp3) is 0.667. The first-order valence-electron chi connectivity index (χ1n) is 10.5. The van der Waals surface area contributed by atoms with E-state index in [1.165, 1.54) is 23.6 Å². The van der Waals surface area contributed by atoms with Crippen molar-refractivity contribution in [2.24, 2.45) is 5.92 Å². The molecule has 1 aliphatic rings. The zero-order chi connectivity index (χ0) is 21.0. The molecule has 0 aliphatic carbocycles. The van der Waals surface area contributed by atoms with Gasteiger partial charge in [0.15, 0.2) is 0 Å². The van der Waals surface area contributed by atoms with E-state index in [9.17, 15) is 8.42 Å². The molecule has 1 aliphatic heterocycles. The number of imidazole rings is 1. The maximum atomic E-state index is 12.5. The molecule has 0 spiro atoms. The molecule has 1 aromatic heterocycles. The van der Waals surface area contributed by atoms with E-state index < -0.39 is 10.0 Å². The van der Waals surface area contributed by atoms with Crippen LogP contribution in [0.25, 0.3) is 11.0 Å². The van der Waals surface area contributed by atoms with Gasteiger partial charge in [-0.2, -0.15) is 0 Å². The summed E-state index contributed by atoms with van der Waals surface area (Å²) >= 11 is 0. The van der Waals surface area contributed by atoms with Gasteiger partial charge in [0.1, 0.15) is 5.82 Å². The van der Waals surface area contributed by atoms with Gasteiger partial charge in [-0.25, -0.2) is 17.7 Å². The summed E-state index contributed by atoms with van der Waals surface area (Å²) in [6.45, 7) is 6.69. The Kier molecular flexibility index (Phi) is 7.32. The highest BCUT2D eigenvalue weighted by atomic mass is 32.2. The molecule has 0 radical (unpaired) electrons. The molecule has 8 heteroatoms. The Morgan fingerprint density at radius 2 is 2.07 bits per heavy atom. The zero-order valence-electron chi connectivity index (χ0n) is 18.1. The fourth-order valence-electron chi connectivity index (χ4n) is 4.16. The van der Waals surface area contributed by atoms with E-state index in [2.05, 4.69) is 16.4 Å². The Morgan fingerprint density at radius 1 is 1.28 bits per heavy atom. The average Bonchev–Trinajstić information content (AvgIpc) is 2.85. The van der Waals surface area contributed by atoms with Gasteiger partial charge in [0, 0.05) is 34.3 Å². The van der Waals surface area contributed by atoms with Gasteiger partial charge in [-0.3, -0.25) is 4.90 Å². The van der Waals surface area contributed by atoms with Crippen molar-refractivity contribution < 1.29 is 13.2 Å². The van der Waals surface area contributed by atoms with Crippen LogP contribution in [-0.2, 0) is 27.8 Å². The van der Waals surface area contributed by atoms with E-state index in [1.807, 2.05) is 6.07 Å². The van der Waals surface area contributed by atoms with Gasteiger partial charge >= 0.3 is 0 Å². The molecule has 1 fully saturated rings. The third kappa shape index (κ3) is 4.99. The minimum Gasteiger partial charge on any atom is -0.384 e. The Balaban J connectivity index is 1.93. The smallest absolute Gasteiger partial charge is 0.242 e. The molecule has 3 rings (SSSR count). The van der Waals surface area contributed by atoms with Crippen LogP contribution in [0.5, 0.6) is 0 Å². The average molecular weight is 423 g/mol. The van der Waals surface area contributed by atoms with E-state index in [4.69, 9.17) is 9.72 Å². The number of aryl methyl sites for hydroxylation is 1. The number of benzene rings is 1. The van der Waals surface area contributed by atoms with Crippen LogP contribution in [0.2, 0.25) is 0 Å². The quantitative estimate of drug-likeness (QED) is 0.654. The van der Waals surface area contributed by atoms with E-state index in [0.717, 1.165) is 56.1 Å². The minimum atomic E-state index is -3.47. The van der Waals surface area contributed by atoms with Crippen molar-refractivity contribution in [3.05, 3.63) is 24.0 Å². The summed E-state index contributed by atoms with van der Waals surface area (Å²) in [5.74, 6) is 1.57.